The van der Waals surface area contributed by atoms with Crippen molar-refractivity contribution in [3.8, 4) is 0 Å². The Morgan fingerprint density at radius 2 is 2.25 bits per heavy atom. The van der Waals surface area contributed by atoms with Gasteiger partial charge in [-0.1, -0.05) is 0 Å². The summed E-state index contributed by atoms with van der Waals surface area (Å²) in [5, 5.41) is 8.18. The number of likely N-dealkylation sites (tertiary alicyclic amines) is 1. The highest BCUT2D eigenvalue weighted by atomic mass is 16.3. The summed E-state index contributed by atoms with van der Waals surface area (Å²) < 4.78 is 7.32. The Bertz CT molecular complexity index is 767. The van der Waals surface area contributed by atoms with Gasteiger partial charge in [0, 0.05) is 26.1 Å². The van der Waals surface area contributed by atoms with Gasteiger partial charge in [0.25, 0.3) is 0 Å². The Hall–Kier alpha value is -2.64. The van der Waals surface area contributed by atoms with Gasteiger partial charge < -0.3 is 18.8 Å². The van der Waals surface area contributed by atoms with Crippen LogP contribution in [0.1, 0.15) is 23.8 Å². The molecule has 1 saturated heterocycles. The van der Waals surface area contributed by atoms with Gasteiger partial charge in [-0.3, -0.25) is 9.59 Å². The van der Waals surface area contributed by atoms with Crippen LogP contribution >= 0.6 is 0 Å². The molecule has 8 heteroatoms. The second-order valence-corrected chi connectivity index (χ2v) is 6.33. The zero-order valence-corrected chi connectivity index (χ0v) is 13.5. The van der Waals surface area contributed by atoms with E-state index in [9.17, 15) is 9.59 Å². The predicted molar refractivity (Wildman–Crippen MR) is 82.4 cm³/mol. The number of aryl methyl sites for hydroxylation is 1. The number of nitrogens with zero attached hydrogens (tertiary/aromatic N) is 5. The van der Waals surface area contributed by atoms with Crippen molar-refractivity contribution in [2.24, 2.45) is 5.92 Å². The number of rotatable bonds is 3. The number of carbonyl (C=O) groups is 2. The van der Waals surface area contributed by atoms with Gasteiger partial charge in [0.15, 0.2) is 5.82 Å². The van der Waals surface area contributed by atoms with Gasteiger partial charge in [0.05, 0.1) is 25.3 Å². The molecule has 0 radical (unpaired) electrons. The predicted octanol–water partition coefficient (Wildman–Crippen LogP) is 0.570. The first-order chi connectivity index (χ1) is 11.6. The zero-order valence-electron chi connectivity index (χ0n) is 13.5. The highest BCUT2D eigenvalue weighted by Gasteiger charge is 2.37. The van der Waals surface area contributed by atoms with Gasteiger partial charge in [-0.15, -0.1) is 10.2 Å². The average Bonchev–Trinajstić information content (AvgIpc) is 3.30. The highest BCUT2D eigenvalue weighted by molar-refractivity contribution is 5.89. The van der Waals surface area contributed by atoms with Crippen LogP contribution in [0.15, 0.2) is 22.8 Å². The van der Waals surface area contributed by atoms with Gasteiger partial charge in [-0.05, 0) is 19.1 Å². The number of aromatic nitrogens is 3. The van der Waals surface area contributed by atoms with E-state index in [1.165, 1.54) is 0 Å². The first-order valence-corrected chi connectivity index (χ1v) is 8.09. The lowest BCUT2D eigenvalue weighted by atomic mass is 10.1. The topological polar surface area (TPSA) is 84.5 Å². The second-order valence-electron chi connectivity index (χ2n) is 6.33. The van der Waals surface area contributed by atoms with Gasteiger partial charge in [-0.2, -0.15) is 0 Å². The van der Waals surface area contributed by atoms with Crippen molar-refractivity contribution in [2.45, 2.75) is 33.0 Å². The molecule has 0 aromatic carbocycles. The van der Waals surface area contributed by atoms with E-state index in [2.05, 4.69) is 10.2 Å². The second kappa shape index (κ2) is 5.77. The maximum Gasteiger partial charge on any atom is 0.228 e. The van der Waals surface area contributed by atoms with E-state index in [0.717, 1.165) is 17.4 Å². The molecule has 2 aliphatic heterocycles. The molecule has 0 aliphatic carbocycles. The molecule has 4 heterocycles. The fourth-order valence-corrected chi connectivity index (χ4v) is 3.43. The summed E-state index contributed by atoms with van der Waals surface area (Å²) in [5.41, 5.74) is 0. The molecule has 24 heavy (non-hydrogen) atoms. The molecule has 4 rings (SSSR count). The van der Waals surface area contributed by atoms with Crippen LogP contribution < -0.4 is 0 Å². The van der Waals surface area contributed by atoms with Crippen molar-refractivity contribution < 1.29 is 14.0 Å². The Kier molecular flexibility index (Phi) is 3.59. The largest absolute Gasteiger partial charge is 0.467 e. The van der Waals surface area contributed by atoms with Crippen LogP contribution in [0.3, 0.4) is 0 Å². The maximum absolute atomic E-state index is 12.8. The molecule has 2 aromatic heterocycles. The summed E-state index contributed by atoms with van der Waals surface area (Å²) >= 11 is 0. The van der Waals surface area contributed by atoms with Crippen molar-refractivity contribution in [3.63, 3.8) is 0 Å². The molecule has 8 nitrogen and oxygen atoms in total. The van der Waals surface area contributed by atoms with E-state index in [1.54, 1.807) is 22.1 Å². The lowest BCUT2D eigenvalue weighted by molar-refractivity contribution is -0.137. The summed E-state index contributed by atoms with van der Waals surface area (Å²) in [6.45, 7) is 4.58. The highest BCUT2D eigenvalue weighted by Crippen LogP contribution is 2.24. The number of fused-ring (bicyclic) bond motifs is 1. The SMILES string of the molecule is Cc1nnc2n1CCN(C(=O)[C@@H]1CC(=O)N(Cc3ccco3)C1)C2. The number of carbonyl (C=O) groups excluding carboxylic acids is 2. The van der Waals surface area contributed by atoms with Gasteiger partial charge in [-0.25, -0.2) is 0 Å². The van der Waals surface area contributed by atoms with Crippen LogP contribution in [0.5, 0.6) is 0 Å². The van der Waals surface area contributed by atoms with Crippen molar-refractivity contribution in [1.82, 2.24) is 24.6 Å². The molecule has 2 amide bonds. The Balaban J connectivity index is 1.41. The van der Waals surface area contributed by atoms with Gasteiger partial charge in [0.1, 0.15) is 11.6 Å². The minimum Gasteiger partial charge on any atom is -0.467 e. The molecule has 0 saturated carbocycles. The number of amides is 2. The Labute approximate surface area is 139 Å². The van der Waals surface area contributed by atoms with E-state index >= 15 is 0 Å². The summed E-state index contributed by atoms with van der Waals surface area (Å²) in [5.74, 6) is 2.15. The monoisotopic (exact) mass is 329 g/mol. The Morgan fingerprint density at radius 3 is 3.04 bits per heavy atom. The van der Waals surface area contributed by atoms with Crippen LogP contribution in [0, 0.1) is 12.8 Å². The van der Waals surface area contributed by atoms with E-state index in [-0.39, 0.29) is 24.2 Å². The van der Waals surface area contributed by atoms with Crippen LogP contribution in [0.25, 0.3) is 0 Å². The van der Waals surface area contributed by atoms with E-state index in [1.807, 2.05) is 17.6 Å². The third kappa shape index (κ3) is 2.57. The van der Waals surface area contributed by atoms with E-state index in [4.69, 9.17) is 4.42 Å². The van der Waals surface area contributed by atoms with Gasteiger partial charge >= 0.3 is 0 Å². The third-order valence-electron chi connectivity index (χ3n) is 4.74. The summed E-state index contributed by atoms with van der Waals surface area (Å²) in [6, 6.07) is 3.63. The molecule has 126 valence electrons. The minimum atomic E-state index is -0.289. The summed E-state index contributed by atoms with van der Waals surface area (Å²) in [6.07, 6.45) is 1.85. The Morgan fingerprint density at radius 1 is 1.38 bits per heavy atom. The van der Waals surface area contributed by atoms with Crippen molar-refractivity contribution in [1.29, 1.82) is 0 Å². The van der Waals surface area contributed by atoms with Crippen LogP contribution in [-0.2, 0) is 29.2 Å². The fourth-order valence-electron chi connectivity index (χ4n) is 3.43. The third-order valence-corrected chi connectivity index (χ3v) is 4.74. The normalized spacial score (nSPS) is 20.5. The fraction of sp³-hybridized carbons (Fsp3) is 0.500. The molecule has 1 fully saturated rings. The van der Waals surface area contributed by atoms with E-state index < -0.39 is 0 Å². The van der Waals surface area contributed by atoms with Crippen LogP contribution in [-0.4, -0.2) is 49.5 Å². The summed E-state index contributed by atoms with van der Waals surface area (Å²) in [4.78, 5) is 28.4. The zero-order chi connectivity index (χ0) is 16.7. The van der Waals surface area contributed by atoms with Crippen molar-refractivity contribution >= 4 is 11.8 Å². The lowest BCUT2D eigenvalue weighted by Gasteiger charge is -2.29. The first-order valence-electron chi connectivity index (χ1n) is 8.09. The lowest BCUT2D eigenvalue weighted by Crippen LogP contribution is -2.42. The smallest absolute Gasteiger partial charge is 0.228 e. The standard InChI is InChI=1S/C16H19N5O3/c1-11-17-18-14-10-19(4-5-21(11)14)16(23)12-7-15(22)20(8-12)9-13-3-2-6-24-13/h2-3,6,12H,4-5,7-10H2,1H3/t12-/m1/s1. The molecule has 2 aromatic rings. The first kappa shape index (κ1) is 14.9. The minimum absolute atomic E-state index is 0.000714. The molecular weight excluding hydrogens is 310 g/mol. The molecular formula is C16H19N5O3. The molecule has 0 N–H and O–H groups in total. The molecule has 1 atom stereocenters. The van der Waals surface area contributed by atoms with Crippen molar-refractivity contribution in [3.05, 3.63) is 35.8 Å². The molecule has 0 spiro atoms. The summed E-state index contributed by atoms with van der Waals surface area (Å²) in [7, 11) is 0. The number of hydrogen-bond donors (Lipinski definition) is 0. The number of furan rings is 1. The molecule has 2 aliphatic rings. The van der Waals surface area contributed by atoms with Gasteiger partial charge in [0.2, 0.25) is 11.8 Å². The van der Waals surface area contributed by atoms with Crippen molar-refractivity contribution in [2.75, 3.05) is 13.1 Å². The number of hydrogen-bond acceptors (Lipinski definition) is 5. The van der Waals surface area contributed by atoms with Crippen LogP contribution in [0.4, 0.5) is 0 Å². The maximum atomic E-state index is 12.8. The molecule has 0 unspecified atom stereocenters. The average molecular weight is 329 g/mol. The quantitative estimate of drug-likeness (QED) is 0.822. The molecule has 0 bridgehead atoms. The van der Waals surface area contributed by atoms with Crippen LogP contribution in [0.2, 0.25) is 0 Å². The van der Waals surface area contributed by atoms with E-state index in [0.29, 0.717) is 32.7 Å².